The average molecular weight is 455 g/mol. The van der Waals surface area contributed by atoms with Crippen molar-refractivity contribution in [2.45, 2.75) is 31.9 Å². The second kappa shape index (κ2) is 9.40. The Labute approximate surface area is 187 Å². The molecule has 2 heterocycles. The number of carbonyl (C=O) groups excluding carboxylic acids is 2. The number of aromatic nitrogens is 2. The average Bonchev–Trinajstić information content (AvgIpc) is 3.61. The standard InChI is InChI=1S/C24H20F3N3O3/c25-24(26,27)17-3-1-2-15(10-17)11-19(31)12-18-6-7-21(14-29-18)33-20-8-9-28-22(13-20)30-23(32)16-4-5-16/h1-3,6-10,13-14,16H,4-5,11-12H2,(H,28,30,32). The molecule has 3 aromatic rings. The van der Waals surface area contributed by atoms with Gasteiger partial charge in [0, 0.05) is 36.7 Å². The molecule has 33 heavy (non-hydrogen) atoms. The highest BCUT2D eigenvalue weighted by Gasteiger charge is 2.31. The Balaban J connectivity index is 1.33. The molecule has 1 aliphatic rings. The van der Waals surface area contributed by atoms with Crippen LogP contribution in [0.4, 0.5) is 19.0 Å². The number of pyridine rings is 2. The molecule has 0 aliphatic heterocycles. The summed E-state index contributed by atoms with van der Waals surface area (Å²) in [6, 6.07) is 11.2. The molecule has 0 unspecified atom stereocenters. The van der Waals surface area contributed by atoms with Crippen LogP contribution < -0.4 is 10.1 Å². The number of rotatable bonds is 8. The van der Waals surface area contributed by atoms with Crippen molar-refractivity contribution >= 4 is 17.5 Å². The molecule has 170 valence electrons. The number of hydrogen-bond donors (Lipinski definition) is 1. The maximum absolute atomic E-state index is 12.8. The van der Waals surface area contributed by atoms with Crippen molar-refractivity contribution in [3.05, 3.63) is 77.7 Å². The molecule has 1 amide bonds. The van der Waals surface area contributed by atoms with E-state index in [-0.39, 0.29) is 30.4 Å². The van der Waals surface area contributed by atoms with Crippen molar-refractivity contribution in [2.24, 2.45) is 5.92 Å². The van der Waals surface area contributed by atoms with E-state index in [1.54, 1.807) is 24.3 Å². The molecule has 1 aliphatic carbocycles. The van der Waals surface area contributed by atoms with Crippen LogP contribution in [-0.2, 0) is 28.6 Å². The zero-order valence-electron chi connectivity index (χ0n) is 17.4. The molecule has 0 radical (unpaired) electrons. The Morgan fingerprint density at radius 3 is 2.52 bits per heavy atom. The highest BCUT2D eigenvalue weighted by atomic mass is 19.4. The van der Waals surface area contributed by atoms with Crippen molar-refractivity contribution in [3.63, 3.8) is 0 Å². The lowest BCUT2D eigenvalue weighted by Gasteiger charge is -2.09. The van der Waals surface area contributed by atoms with Gasteiger partial charge in [-0.15, -0.1) is 0 Å². The van der Waals surface area contributed by atoms with Crippen LogP contribution in [0.2, 0.25) is 0 Å². The third-order valence-electron chi connectivity index (χ3n) is 5.00. The largest absolute Gasteiger partial charge is 0.456 e. The first-order valence-corrected chi connectivity index (χ1v) is 10.3. The van der Waals surface area contributed by atoms with Crippen LogP contribution in [-0.4, -0.2) is 21.7 Å². The molecule has 4 rings (SSSR count). The number of nitrogens with one attached hydrogen (secondary N) is 1. The van der Waals surface area contributed by atoms with Gasteiger partial charge >= 0.3 is 6.18 Å². The number of Topliss-reactive ketones (excluding diaryl/α,β-unsaturated/α-hetero) is 1. The fourth-order valence-electron chi connectivity index (χ4n) is 3.18. The molecule has 0 bridgehead atoms. The summed E-state index contributed by atoms with van der Waals surface area (Å²) in [5.74, 6) is 1.04. The lowest BCUT2D eigenvalue weighted by Crippen LogP contribution is -2.14. The zero-order valence-corrected chi connectivity index (χ0v) is 17.4. The SMILES string of the molecule is O=C(Cc1cccc(C(F)(F)F)c1)Cc1ccc(Oc2ccnc(NC(=O)C3CC3)c2)cn1. The van der Waals surface area contributed by atoms with Gasteiger partial charge in [0.25, 0.3) is 0 Å². The maximum Gasteiger partial charge on any atom is 0.416 e. The van der Waals surface area contributed by atoms with E-state index in [0.717, 1.165) is 25.0 Å². The van der Waals surface area contributed by atoms with Gasteiger partial charge < -0.3 is 10.1 Å². The lowest BCUT2D eigenvalue weighted by molar-refractivity contribution is -0.137. The van der Waals surface area contributed by atoms with Gasteiger partial charge in [-0.3, -0.25) is 14.6 Å². The number of carbonyl (C=O) groups is 2. The number of ether oxygens (including phenoxy) is 1. The fraction of sp³-hybridized carbons (Fsp3) is 0.250. The fourth-order valence-corrected chi connectivity index (χ4v) is 3.18. The predicted octanol–water partition coefficient (Wildman–Crippen LogP) is 4.99. The minimum absolute atomic E-state index is 0.0108. The summed E-state index contributed by atoms with van der Waals surface area (Å²) in [6.45, 7) is 0. The van der Waals surface area contributed by atoms with Crippen molar-refractivity contribution in [2.75, 3.05) is 5.32 Å². The predicted molar refractivity (Wildman–Crippen MR) is 114 cm³/mol. The normalized spacial score (nSPS) is 13.4. The molecule has 6 nitrogen and oxygen atoms in total. The Hall–Kier alpha value is -3.75. The van der Waals surface area contributed by atoms with Crippen LogP contribution >= 0.6 is 0 Å². The van der Waals surface area contributed by atoms with Crippen molar-refractivity contribution in [1.82, 2.24) is 9.97 Å². The molecule has 1 aromatic carbocycles. The van der Waals surface area contributed by atoms with Crippen molar-refractivity contribution in [3.8, 4) is 11.5 Å². The van der Waals surface area contributed by atoms with Crippen LogP contribution in [0.15, 0.2) is 60.9 Å². The zero-order chi connectivity index (χ0) is 23.4. The van der Waals surface area contributed by atoms with Gasteiger partial charge in [0.2, 0.25) is 5.91 Å². The van der Waals surface area contributed by atoms with E-state index in [2.05, 4.69) is 15.3 Å². The van der Waals surface area contributed by atoms with Crippen molar-refractivity contribution in [1.29, 1.82) is 0 Å². The summed E-state index contributed by atoms with van der Waals surface area (Å²) >= 11 is 0. The summed E-state index contributed by atoms with van der Waals surface area (Å²) in [6.07, 6.45) is 0.182. The maximum atomic E-state index is 12.8. The highest BCUT2D eigenvalue weighted by Crippen LogP contribution is 2.31. The van der Waals surface area contributed by atoms with Crippen LogP contribution in [0.25, 0.3) is 0 Å². The molecule has 0 spiro atoms. The molecular weight excluding hydrogens is 435 g/mol. The lowest BCUT2D eigenvalue weighted by atomic mass is 10.0. The Morgan fingerprint density at radius 1 is 1.00 bits per heavy atom. The first kappa shape index (κ1) is 22.4. The molecule has 0 atom stereocenters. The summed E-state index contributed by atoms with van der Waals surface area (Å²) in [7, 11) is 0. The Morgan fingerprint density at radius 2 is 1.82 bits per heavy atom. The number of amides is 1. The number of benzene rings is 1. The third kappa shape index (κ3) is 6.38. The number of alkyl halides is 3. The molecule has 9 heteroatoms. The van der Waals surface area contributed by atoms with Gasteiger partial charge in [-0.1, -0.05) is 18.2 Å². The summed E-state index contributed by atoms with van der Waals surface area (Å²) in [4.78, 5) is 32.5. The van der Waals surface area contributed by atoms with E-state index in [9.17, 15) is 22.8 Å². The van der Waals surface area contributed by atoms with Crippen LogP contribution in [0.3, 0.4) is 0 Å². The number of halogens is 3. The molecule has 1 N–H and O–H groups in total. The minimum Gasteiger partial charge on any atom is -0.456 e. The van der Waals surface area contributed by atoms with Gasteiger partial charge in [-0.05, 0) is 42.7 Å². The first-order chi connectivity index (χ1) is 15.8. The van der Waals surface area contributed by atoms with E-state index in [4.69, 9.17) is 4.74 Å². The smallest absolute Gasteiger partial charge is 0.416 e. The summed E-state index contributed by atoms with van der Waals surface area (Å²) in [5, 5.41) is 2.75. The molecule has 1 fully saturated rings. The van der Waals surface area contributed by atoms with Crippen LogP contribution in [0, 0.1) is 5.92 Å². The van der Waals surface area contributed by atoms with Crippen LogP contribution in [0.5, 0.6) is 11.5 Å². The molecule has 0 saturated heterocycles. The second-order valence-corrected chi connectivity index (χ2v) is 7.82. The van der Waals surface area contributed by atoms with E-state index in [1.807, 2.05) is 0 Å². The van der Waals surface area contributed by atoms with Gasteiger partial charge in [0.1, 0.15) is 23.1 Å². The molecular formula is C24H20F3N3O3. The molecule has 2 aromatic heterocycles. The van der Waals surface area contributed by atoms with E-state index >= 15 is 0 Å². The van der Waals surface area contributed by atoms with Gasteiger partial charge in [-0.25, -0.2) is 4.98 Å². The number of nitrogens with zero attached hydrogens (tertiary/aromatic N) is 2. The van der Waals surface area contributed by atoms with Gasteiger partial charge in [-0.2, -0.15) is 13.2 Å². The Bertz CT molecular complexity index is 1160. The van der Waals surface area contributed by atoms with Crippen LogP contribution in [0.1, 0.15) is 29.7 Å². The third-order valence-corrected chi connectivity index (χ3v) is 5.00. The Kier molecular flexibility index (Phi) is 6.39. The first-order valence-electron chi connectivity index (χ1n) is 10.3. The number of hydrogen-bond acceptors (Lipinski definition) is 5. The minimum atomic E-state index is -4.45. The quantitative estimate of drug-likeness (QED) is 0.518. The number of anilines is 1. The number of ketones is 1. The topological polar surface area (TPSA) is 81.2 Å². The van der Waals surface area contributed by atoms with E-state index in [1.165, 1.54) is 24.5 Å². The summed E-state index contributed by atoms with van der Waals surface area (Å²) in [5.41, 5.74) is 0.00212. The summed E-state index contributed by atoms with van der Waals surface area (Å²) < 4.78 is 44.2. The second-order valence-electron chi connectivity index (χ2n) is 7.82. The van der Waals surface area contributed by atoms with Crippen molar-refractivity contribution < 1.29 is 27.5 Å². The monoisotopic (exact) mass is 455 g/mol. The van der Waals surface area contributed by atoms with Gasteiger partial charge in [0.05, 0.1) is 11.8 Å². The molecule has 1 saturated carbocycles. The van der Waals surface area contributed by atoms with E-state index < -0.39 is 11.7 Å². The highest BCUT2D eigenvalue weighted by molar-refractivity contribution is 5.93. The van der Waals surface area contributed by atoms with Gasteiger partial charge in [0.15, 0.2) is 0 Å². The van der Waals surface area contributed by atoms with E-state index in [0.29, 0.717) is 28.6 Å².